The maximum atomic E-state index is 11.2. The van der Waals surface area contributed by atoms with Crippen LogP contribution in [0.1, 0.15) is 20.8 Å². The average Bonchev–Trinajstić information content (AvgIpc) is 2.29. The fraction of sp³-hybridized carbons (Fsp3) is 0.750. The second kappa shape index (κ2) is 9.36. The van der Waals surface area contributed by atoms with Crippen LogP contribution in [0.4, 0.5) is 0 Å². The summed E-state index contributed by atoms with van der Waals surface area (Å²) in [4.78, 5) is 13.5. The molecule has 0 aliphatic heterocycles. The number of hydrogen-bond acceptors (Lipinski definition) is 4. The van der Waals surface area contributed by atoms with Crippen LogP contribution in [-0.2, 0) is 9.53 Å². The molecule has 0 fully saturated rings. The molecule has 0 rings (SSSR count). The molecule has 0 aromatic heterocycles. The van der Waals surface area contributed by atoms with Gasteiger partial charge in [-0.2, -0.15) is 0 Å². The van der Waals surface area contributed by atoms with Gasteiger partial charge in [-0.3, -0.25) is 0 Å². The molecular weight excluding hydrogens is 204 g/mol. The van der Waals surface area contributed by atoms with Gasteiger partial charge in [-0.25, -0.2) is 4.79 Å². The van der Waals surface area contributed by atoms with Gasteiger partial charge in [-0.05, 0) is 20.0 Å². The smallest absolute Gasteiger partial charge is 0.334 e. The first kappa shape index (κ1) is 15.1. The second-order valence-electron chi connectivity index (χ2n) is 3.53. The van der Waals surface area contributed by atoms with Gasteiger partial charge in [0.1, 0.15) is 0 Å². The Kier molecular flexibility index (Phi) is 8.85. The summed E-state index contributed by atoms with van der Waals surface area (Å²) in [7, 11) is 0. The molecule has 0 aliphatic carbocycles. The molecule has 4 nitrogen and oxygen atoms in total. The molecule has 0 aromatic carbocycles. The number of rotatable bonds is 9. The first-order valence-corrected chi connectivity index (χ1v) is 5.93. The van der Waals surface area contributed by atoms with Crippen LogP contribution in [0, 0.1) is 0 Å². The maximum Gasteiger partial charge on any atom is 0.334 e. The highest BCUT2D eigenvalue weighted by Crippen LogP contribution is 1.92. The third-order valence-corrected chi connectivity index (χ3v) is 2.40. The van der Waals surface area contributed by atoms with E-state index in [4.69, 9.17) is 4.74 Å². The van der Waals surface area contributed by atoms with E-state index in [1.165, 1.54) is 0 Å². The molecule has 0 aliphatic rings. The molecule has 0 radical (unpaired) electrons. The van der Waals surface area contributed by atoms with Crippen molar-refractivity contribution in [3.8, 4) is 0 Å². The van der Waals surface area contributed by atoms with E-state index in [9.17, 15) is 4.79 Å². The summed E-state index contributed by atoms with van der Waals surface area (Å²) in [5.41, 5.74) is 0.487. The Labute approximate surface area is 98.6 Å². The van der Waals surface area contributed by atoms with E-state index in [0.29, 0.717) is 18.7 Å². The predicted octanol–water partition coefficient (Wildman–Crippen LogP) is 1.04. The first-order chi connectivity index (χ1) is 7.65. The van der Waals surface area contributed by atoms with Gasteiger partial charge in [0.15, 0.2) is 0 Å². The number of nitrogens with one attached hydrogen (secondary N) is 1. The summed E-state index contributed by atoms with van der Waals surface area (Å²) in [6.07, 6.45) is 0. The Morgan fingerprint density at radius 2 is 1.94 bits per heavy atom. The number of carbonyl (C=O) groups is 1. The van der Waals surface area contributed by atoms with Gasteiger partial charge in [0.2, 0.25) is 0 Å². The van der Waals surface area contributed by atoms with Gasteiger partial charge in [0, 0.05) is 25.2 Å². The minimum absolute atomic E-state index is 0.308. The SMILES string of the molecule is C=C(CNCCN(CC)CC)C(=O)OCC. The van der Waals surface area contributed by atoms with Crippen LogP contribution >= 0.6 is 0 Å². The highest BCUT2D eigenvalue weighted by Gasteiger charge is 2.06. The molecule has 0 spiro atoms. The second-order valence-corrected chi connectivity index (χ2v) is 3.53. The molecule has 0 aromatic rings. The normalized spacial score (nSPS) is 10.5. The van der Waals surface area contributed by atoms with E-state index < -0.39 is 0 Å². The summed E-state index contributed by atoms with van der Waals surface area (Å²) in [6, 6.07) is 0. The summed E-state index contributed by atoms with van der Waals surface area (Å²) < 4.78 is 4.84. The third-order valence-electron chi connectivity index (χ3n) is 2.40. The van der Waals surface area contributed by atoms with Crippen molar-refractivity contribution in [2.45, 2.75) is 20.8 Å². The molecule has 4 heteroatoms. The topological polar surface area (TPSA) is 41.6 Å². The highest BCUT2D eigenvalue weighted by atomic mass is 16.5. The molecule has 1 N–H and O–H groups in total. The number of nitrogens with zero attached hydrogens (tertiary/aromatic N) is 1. The molecule has 0 atom stereocenters. The molecule has 0 saturated carbocycles. The molecule has 94 valence electrons. The molecule has 0 unspecified atom stereocenters. The van der Waals surface area contributed by atoms with Crippen LogP contribution < -0.4 is 5.32 Å². The van der Waals surface area contributed by atoms with E-state index in [-0.39, 0.29) is 5.97 Å². The Hall–Kier alpha value is -0.870. The lowest BCUT2D eigenvalue weighted by Crippen LogP contribution is -2.33. The van der Waals surface area contributed by atoms with E-state index in [0.717, 1.165) is 26.2 Å². The van der Waals surface area contributed by atoms with Gasteiger partial charge >= 0.3 is 5.97 Å². The molecule has 0 heterocycles. The Balaban J connectivity index is 3.58. The molecule has 16 heavy (non-hydrogen) atoms. The van der Waals surface area contributed by atoms with Crippen molar-refractivity contribution in [1.82, 2.24) is 10.2 Å². The van der Waals surface area contributed by atoms with E-state index in [1.54, 1.807) is 6.92 Å². The predicted molar refractivity (Wildman–Crippen MR) is 66.4 cm³/mol. The maximum absolute atomic E-state index is 11.2. The molecular formula is C12H24N2O2. The van der Waals surface area contributed by atoms with Gasteiger partial charge in [0.05, 0.1) is 6.61 Å². The lowest BCUT2D eigenvalue weighted by molar-refractivity contribution is -0.138. The van der Waals surface area contributed by atoms with Gasteiger partial charge in [-0.15, -0.1) is 0 Å². The van der Waals surface area contributed by atoms with Crippen LogP contribution in [0.3, 0.4) is 0 Å². The monoisotopic (exact) mass is 228 g/mol. The zero-order chi connectivity index (χ0) is 12.4. The van der Waals surface area contributed by atoms with Crippen molar-refractivity contribution in [2.24, 2.45) is 0 Å². The Bertz CT molecular complexity index is 213. The quantitative estimate of drug-likeness (QED) is 0.364. The van der Waals surface area contributed by atoms with Crippen molar-refractivity contribution in [3.63, 3.8) is 0 Å². The van der Waals surface area contributed by atoms with Crippen LogP contribution in [-0.4, -0.2) is 50.2 Å². The number of esters is 1. The largest absolute Gasteiger partial charge is 0.463 e. The molecule has 0 saturated heterocycles. The van der Waals surface area contributed by atoms with E-state index >= 15 is 0 Å². The fourth-order valence-corrected chi connectivity index (χ4v) is 1.32. The molecule has 0 bridgehead atoms. The zero-order valence-corrected chi connectivity index (χ0v) is 10.7. The summed E-state index contributed by atoms with van der Waals surface area (Å²) in [5, 5.41) is 3.18. The van der Waals surface area contributed by atoms with Crippen molar-refractivity contribution in [2.75, 3.05) is 39.3 Å². The van der Waals surface area contributed by atoms with Crippen LogP contribution in [0.15, 0.2) is 12.2 Å². The van der Waals surface area contributed by atoms with E-state index in [1.807, 2.05) is 0 Å². The van der Waals surface area contributed by atoms with Gasteiger partial charge < -0.3 is 15.0 Å². The summed E-state index contributed by atoms with van der Waals surface area (Å²) in [6.45, 7) is 14.6. The number of ether oxygens (including phenoxy) is 1. The third kappa shape index (κ3) is 6.58. The van der Waals surface area contributed by atoms with Gasteiger partial charge in [0.25, 0.3) is 0 Å². The van der Waals surface area contributed by atoms with Gasteiger partial charge in [-0.1, -0.05) is 20.4 Å². The summed E-state index contributed by atoms with van der Waals surface area (Å²) >= 11 is 0. The standard InChI is InChI=1S/C12H24N2O2/c1-5-14(6-2)9-8-13-10-11(4)12(15)16-7-3/h13H,4-10H2,1-3H3. The number of hydrogen-bond donors (Lipinski definition) is 1. The molecule has 0 amide bonds. The lowest BCUT2D eigenvalue weighted by atomic mass is 10.3. The van der Waals surface area contributed by atoms with Crippen molar-refractivity contribution < 1.29 is 9.53 Å². The average molecular weight is 228 g/mol. The fourth-order valence-electron chi connectivity index (χ4n) is 1.32. The van der Waals surface area contributed by atoms with Crippen LogP contribution in [0.5, 0.6) is 0 Å². The number of carbonyl (C=O) groups excluding carboxylic acids is 1. The van der Waals surface area contributed by atoms with Crippen LogP contribution in [0.2, 0.25) is 0 Å². The van der Waals surface area contributed by atoms with E-state index in [2.05, 4.69) is 30.6 Å². The van der Waals surface area contributed by atoms with Crippen molar-refractivity contribution in [3.05, 3.63) is 12.2 Å². The highest BCUT2D eigenvalue weighted by molar-refractivity contribution is 5.88. The van der Waals surface area contributed by atoms with Crippen molar-refractivity contribution >= 4 is 5.97 Å². The minimum atomic E-state index is -0.308. The lowest BCUT2D eigenvalue weighted by Gasteiger charge is -2.18. The summed E-state index contributed by atoms with van der Waals surface area (Å²) in [5.74, 6) is -0.308. The first-order valence-electron chi connectivity index (χ1n) is 5.93. The van der Waals surface area contributed by atoms with Crippen molar-refractivity contribution in [1.29, 1.82) is 0 Å². The van der Waals surface area contributed by atoms with Crippen LogP contribution in [0.25, 0.3) is 0 Å². The minimum Gasteiger partial charge on any atom is -0.463 e. The Morgan fingerprint density at radius 1 is 1.31 bits per heavy atom. The Morgan fingerprint density at radius 3 is 2.44 bits per heavy atom. The number of likely N-dealkylation sites (N-methyl/N-ethyl adjacent to an activating group) is 1. The zero-order valence-electron chi connectivity index (χ0n) is 10.7.